The number of amides is 1. The summed E-state index contributed by atoms with van der Waals surface area (Å²) >= 11 is 0. The molecule has 286 valence electrons. The quantitative estimate of drug-likeness (QED) is 0.0770. The molecule has 53 heavy (non-hydrogen) atoms. The molecule has 1 amide bonds. The van der Waals surface area contributed by atoms with Crippen molar-refractivity contribution in [2.24, 2.45) is 28.8 Å². The van der Waals surface area contributed by atoms with Gasteiger partial charge in [-0.15, -0.1) is 6.58 Å². The first-order valence-electron chi connectivity index (χ1n) is 19.8. The van der Waals surface area contributed by atoms with E-state index in [0.29, 0.717) is 32.6 Å². The van der Waals surface area contributed by atoms with Crippen molar-refractivity contribution in [3.63, 3.8) is 0 Å². The van der Waals surface area contributed by atoms with Crippen LogP contribution < -0.4 is 9.47 Å². The van der Waals surface area contributed by atoms with E-state index in [1.807, 2.05) is 47.4 Å². The lowest BCUT2D eigenvalue weighted by Crippen LogP contribution is -2.70. The van der Waals surface area contributed by atoms with Gasteiger partial charge < -0.3 is 34.2 Å². The van der Waals surface area contributed by atoms with Crippen LogP contribution in [0.25, 0.3) is 0 Å². The zero-order chi connectivity index (χ0) is 37.2. The Kier molecular flexibility index (Phi) is 13.5. The fraction of sp³-hybridized carbons (Fsp3) is 0.545. The number of carbonyl (C=O) groups excluding carboxylic acids is 1. The maximum absolute atomic E-state index is 14.3. The van der Waals surface area contributed by atoms with Gasteiger partial charge in [-0.3, -0.25) is 4.79 Å². The van der Waals surface area contributed by atoms with Gasteiger partial charge in [-0.2, -0.15) is 0 Å². The van der Waals surface area contributed by atoms with Crippen LogP contribution in [-0.4, -0.2) is 71.5 Å². The number of benzene rings is 2. The van der Waals surface area contributed by atoms with E-state index >= 15 is 0 Å². The molecule has 6 rings (SSSR count). The molecule has 2 fully saturated rings. The predicted octanol–water partition coefficient (Wildman–Crippen LogP) is 7.73. The summed E-state index contributed by atoms with van der Waals surface area (Å²) in [6.45, 7) is 11.8. The van der Waals surface area contributed by atoms with Gasteiger partial charge >= 0.3 is 0 Å². The standard InChI is InChI=1S/C44H58N2O7/c1-4-22-46(43(49)32-18-19-32)40-29-38(45-52-30-31-14-8-7-9-15-31)36-27-33(16-10-12-23-47)35(17-11-13-24-48)41-37-28-34(50-25-5-2)20-21-39(37)53-44(40,42(36)41)51-26-6-3/h5-9,14-15,20-21,27-28,32-33,35,40-42,47-48H,2-4,10-13,16-19,22-26,29-30H2,1H3/t33-,35+,40-,41+,42+,44+/m0/s1. The lowest BCUT2D eigenvalue weighted by Gasteiger charge is -2.60. The number of aliphatic hydroxyl groups is 2. The summed E-state index contributed by atoms with van der Waals surface area (Å²) in [6.07, 6.45) is 13.8. The topological polar surface area (TPSA) is 110 Å². The molecule has 0 unspecified atom stereocenters. The van der Waals surface area contributed by atoms with Gasteiger partial charge in [-0.1, -0.05) is 80.1 Å². The summed E-state index contributed by atoms with van der Waals surface area (Å²) in [6, 6.07) is 15.6. The van der Waals surface area contributed by atoms with Gasteiger partial charge in [0.25, 0.3) is 0 Å². The van der Waals surface area contributed by atoms with E-state index in [9.17, 15) is 15.0 Å². The fourth-order valence-electron chi connectivity index (χ4n) is 8.88. The Morgan fingerprint density at radius 2 is 1.77 bits per heavy atom. The van der Waals surface area contributed by atoms with E-state index in [1.54, 1.807) is 12.2 Å². The summed E-state index contributed by atoms with van der Waals surface area (Å²) in [7, 11) is 0. The molecule has 0 saturated heterocycles. The number of carbonyl (C=O) groups is 1. The second-order valence-corrected chi connectivity index (χ2v) is 14.9. The lowest BCUT2D eigenvalue weighted by atomic mass is 9.55. The minimum Gasteiger partial charge on any atom is -0.490 e. The first-order chi connectivity index (χ1) is 26.0. The van der Waals surface area contributed by atoms with Gasteiger partial charge in [-0.25, -0.2) is 0 Å². The van der Waals surface area contributed by atoms with Gasteiger partial charge in [0.1, 0.15) is 30.8 Å². The van der Waals surface area contributed by atoms with Crippen LogP contribution in [0.2, 0.25) is 0 Å². The number of nitrogens with zero attached hydrogens (tertiary/aromatic N) is 2. The molecule has 3 aliphatic carbocycles. The molecule has 0 aromatic heterocycles. The molecule has 0 radical (unpaired) electrons. The monoisotopic (exact) mass is 726 g/mol. The number of hydrogen-bond acceptors (Lipinski definition) is 8. The van der Waals surface area contributed by atoms with Crippen molar-refractivity contribution < 1.29 is 34.1 Å². The molecular weight excluding hydrogens is 668 g/mol. The summed E-state index contributed by atoms with van der Waals surface area (Å²) in [5.41, 5.74) is 3.92. The Hall–Kier alpha value is -3.92. The molecule has 9 nitrogen and oxygen atoms in total. The van der Waals surface area contributed by atoms with Gasteiger partial charge in [0.05, 0.1) is 18.2 Å². The lowest BCUT2D eigenvalue weighted by molar-refractivity contribution is -0.257. The Bertz CT molecular complexity index is 1600. The molecule has 9 heteroatoms. The van der Waals surface area contributed by atoms with E-state index in [0.717, 1.165) is 85.3 Å². The molecule has 2 saturated carbocycles. The third-order valence-electron chi connectivity index (χ3n) is 11.3. The van der Waals surface area contributed by atoms with Gasteiger partial charge in [0.15, 0.2) is 0 Å². The summed E-state index contributed by atoms with van der Waals surface area (Å²) in [5, 5.41) is 24.6. The van der Waals surface area contributed by atoms with Crippen LogP contribution in [0.1, 0.15) is 88.2 Å². The van der Waals surface area contributed by atoms with Crippen LogP contribution >= 0.6 is 0 Å². The third-order valence-corrected chi connectivity index (χ3v) is 11.3. The number of ether oxygens (including phenoxy) is 3. The number of allylic oxidation sites excluding steroid dienone is 1. The van der Waals surface area contributed by atoms with E-state index in [1.165, 1.54) is 0 Å². The van der Waals surface area contributed by atoms with Crippen LogP contribution in [0.3, 0.4) is 0 Å². The third kappa shape index (κ3) is 8.58. The largest absolute Gasteiger partial charge is 0.490 e. The van der Waals surface area contributed by atoms with E-state index in [4.69, 9.17) is 24.2 Å². The average Bonchev–Trinajstić information content (AvgIpc) is 4.03. The molecule has 6 atom stereocenters. The minimum atomic E-state index is -1.23. The summed E-state index contributed by atoms with van der Waals surface area (Å²) in [4.78, 5) is 22.5. The number of hydrogen-bond donors (Lipinski definition) is 2. The molecular formula is C44H58N2O7. The molecule has 1 aliphatic heterocycles. The first kappa shape index (κ1) is 38.8. The second kappa shape index (κ2) is 18.4. The van der Waals surface area contributed by atoms with Crippen molar-refractivity contribution in [3.8, 4) is 11.5 Å². The highest BCUT2D eigenvalue weighted by molar-refractivity contribution is 6.03. The average molecular weight is 727 g/mol. The minimum absolute atomic E-state index is 0.00870. The van der Waals surface area contributed by atoms with Gasteiger partial charge in [-0.05, 0) is 86.1 Å². The Morgan fingerprint density at radius 1 is 1.02 bits per heavy atom. The highest BCUT2D eigenvalue weighted by Gasteiger charge is 2.65. The number of rotatable bonds is 21. The number of fused-ring (bicyclic) bond motifs is 2. The van der Waals surface area contributed by atoms with Gasteiger partial charge in [0.2, 0.25) is 11.7 Å². The Labute approximate surface area is 315 Å². The van der Waals surface area contributed by atoms with Crippen molar-refractivity contribution in [2.75, 3.05) is 33.0 Å². The van der Waals surface area contributed by atoms with Crippen LogP contribution in [-0.2, 0) is 21.0 Å². The van der Waals surface area contributed by atoms with Crippen molar-refractivity contribution in [3.05, 3.63) is 96.6 Å². The molecule has 4 aliphatic rings. The van der Waals surface area contributed by atoms with Gasteiger partial charge in [0, 0.05) is 43.6 Å². The zero-order valence-electron chi connectivity index (χ0n) is 31.4. The smallest absolute Gasteiger partial charge is 0.239 e. The van der Waals surface area contributed by atoms with E-state index < -0.39 is 11.8 Å². The maximum Gasteiger partial charge on any atom is 0.239 e. The number of unbranched alkanes of at least 4 members (excludes halogenated alkanes) is 2. The van der Waals surface area contributed by atoms with Crippen molar-refractivity contribution in [1.29, 1.82) is 0 Å². The summed E-state index contributed by atoms with van der Waals surface area (Å²) < 4.78 is 20.4. The SMILES string of the molecule is C=CCOc1ccc2c(c1)[C@H]1[C@H](CCCCO)[C@@H](CCCCO)C=C3C(=NOCc4ccccc4)C[C@H](N(CCC)C(=O)C4CC4)[C@@](OCC=C)(O2)[C@H]31. The van der Waals surface area contributed by atoms with E-state index in [2.05, 4.69) is 32.2 Å². The number of oxime groups is 1. The summed E-state index contributed by atoms with van der Waals surface area (Å²) in [5.74, 6) is 0.279. The van der Waals surface area contributed by atoms with Crippen LogP contribution in [0.5, 0.6) is 11.5 Å². The van der Waals surface area contributed by atoms with Crippen LogP contribution in [0, 0.1) is 23.7 Å². The van der Waals surface area contributed by atoms with Crippen molar-refractivity contribution in [2.45, 2.75) is 95.5 Å². The predicted molar refractivity (Wildman–Crippen MR) is 207 cm³/mol. The van der Waals surface area contributed by atoms with E-state index in [-0.39, 0.29) is 55.3 Å². The molecule has 2 aromatic carbocycles. The fourth-order valence-corrected chi connectivity index (χ4v) is 8.88. The first-order valence-corrected chi connectivity index (χ1v) is 19.8. The normalized spacial score (nSPS) is 26.4. The highest BCUT2D eigenvalue weighted by Crippen LogP contribution is 2.62. The molecule has 2 N–H and O–H groups in total. The van der Waals surface area contributed by atoms with Crippen LogP contribution in [0.15, 0.2) is 90.6 Å². The maximum atomic E-state index is 14.3. The Balaban J connectivity index is 1.56. The molecule has 0 bridgehead atoms. The Morgan fingerprint density at radius 3 is 2.47 bits per heavy atom. The second-order valence-electron chi connectivity index (χ2n) is 14.9. The van der Waals surface area contributed by atoms with Crippen molar-refractivity contribution >= 4 is 11.6 Å². The zero-order valence-corrected chi connectivity index (χ0v) is 31.4. The molecule has 2 aromatic rings. The number of aliphatic hydroxyl groups excluding tert-OH is 2. The van der Waals surface area contributed by atoms with Crippen LogP contribution in [0.4, 0.5) is 0 Å². The molecule has 1 heterocycles. The highest BCUT2D eigenvalue weighted by atomic mass is 16.7. The van der Waals surface area contributed by atoms with Crippen molar-refractivity contribution in [1.82, 2.24) is 4.90 Å². The molecule has 0 spiro atoms.